The molecule has 0 radical (unpaired) electrons. The molecule has 2 aliphatic rings. The normalized spacial score (nSPS) is 28.7. The molecular formula is C22H33F3O2Si. The molecule has 1 saturated heterocycles. The van der Waals surface area contributed by atoms with Gasteiger partial charge in [-0.25, -0.2) is 0 Å². The van der Waals surface area contributed by atoms with Crippen LogP contribution in [-0.2, 0) is 0 Å². The van der Waals surface area contributed by atoms with Crippen LogP contribution in [0.1, 0.15) is 51.9 Å². The maximum atomic E-state index is 12.2. The molecule has 28 heavy (non-hydrogen) atoms. The Balaban J connectivity index is 1.36. The number of hydrogen-bond donors (Lipinski definition) is 0. The summed E-state index contributed by atoms with van der Waals surface area (Å²) in [5.41, 5.74) is 0. The zero-order valence-electron chi connectivity index (χ0n) is 16.8. The van der Waals surface area contributed by atoms with Gasteiger partial charge in [0.25, 0.3) is 0 Å². The van der Waals surface area contributed by atoms with Gasteiger partial charge in [-0.1, -0.05) is 44.3 Å². The molecule has 1 aromatic carbocycles. The molecule has 3 rings (SSSR count). The Labute approximate surface area is 168 Å². The van der Waals surface area contributed by atoms with E-state index >= 15 is 0 Å². The van der Waals surface area contributed by atoms with Crippen LogP contribution in [0, 0.1) is 17.8 Å². The first kappa shape index (κ1) is 21.5. The topological polar surface area (TPSA) is 18.5 Å². The molecule has 2 fully saturated rings. The smallest absolute Gasteiger partial charge is 0.493 e. The second kappa shape index (κ2) is 10.0. The minimum Gasteiger partial charge on any atom is -0.493 e. The third kappa shape index (κ3) is 6.71. The largest absolute Gasteiger partial charge is 0.573 e. The van der Waals surface area contributed by atoms with Crippen LogP contribution in [0.4, 0.5) is 13.2 Å². The Morgan fingerprint density at radius 3 is 2.04 bits per heavy atom. The van der Waals surface area contributed by atoms with Crippen LogP contribution < -0.4 is 9.47 Å². The van der Waals surface area contributed by atoms with Gasteiger partial charge in [-0.3, -0.25) is 0 Å². The van der Waals surface area contributed by atoms with Crippen molar-refractivity contribution in [2.24, 2.45) is 17.8 Å². The van der Waals surface area contributed by atoms with E-state index in [1.165, 1.54) is 57.1 Å². The summed E-state index contributed by atoms with van der Waals surface area (Å²) in [7, 11) is -0.385. The van der Waals surface area contributed by atoms with Crippen molar-refractivity contribution in [3.63, 3.8) is 0 Å². The highest BCUT2D eigenvalue weighted by Crippen LogP contribution is 2.41. The maximum Gasteiger partial charge on any atom is 0.573 e. The molecule has 1 saturated carbocycles. The van der Waals surface area contributed by atoms with Crippen LogP contribution >= 0.6 is 0 Å². The van der Waals surface area contributed by atoms with E-state index in [4.69, 9.17) is 4.74 Å². The summed E-state index contributed by atoms with van der Waals surface area (Å²) in [6.07, 6.45) is 4.75. The lowest BCUT2D eigenvalue weighted by Crippen LogP contribution is -2.29. The molecule has 0 amide bonds. The molecule has 0 atom stereocenters. The van der Waals surface area contributed by atoms with Gasteiger partial charge in [0.15, 0.2) is 0 Å². The van der Waals surface area contributed by atoms with Gasteiger partial charge in [0.1, 0.15) is 11.5 Å². The zero-order chi connectivity index (χ0) is 20.0. The Kier molecular flexibility index (Phi) is 7.72. The summed E-state index contributed by atoms with van der Waals surface area (Å²) in [4.78, 5) is 0. The molecule has 0 N–H and O–H groups in total. The standard InChI is InChI=1S/C22H33F3O2Si/c1-2-13-28-14-11-19(12-15-28)18-5-3-17(4-6-18)16-26-20-7-9-21(10-8-20)27-22(23,24)25/h7-10,17-19,28H,2-6,11-16H2,1H3/t17-,18-,19-,28-. The van der Waals surface area contributed by atoms with Gasteiger partial charge in [0, 0.05) is 8.80 Å². The monoisotopic (exact) mass is 414 g/mol. The summed E-state index contributed by atoms with van der Waals surface area (Å²) in [6.45, 7) is 2.98. The molecule has 158 valence electrons. The van der Waals surface area contributed by atoms with E-state index in [0.717, 1.165) is 11.8 Å². The fourth-order valence-electron chi connectivity index (χ4n) is 5.13. The number of hydrogen-bond acceptors (Lipinski definition) is 2. The second-order valence-corrected chi connectivity index (χ2v) is 12.1. The van der Waals surface area contributed by atoms with E-state index in [0.29, 0.717) is 18.3 Å². The summed E-state index contributed by atoms with van der Waals surface area (Å²) >= 11 is 0. The predicted molar refractivity (Wildman–Crippen MR) is 109 cm³/mol. The Morgan fingerprint density at radius 1 is 0.893 bits per heavy atom. The average Bonchev–Trinajstić information content (AvgIpc) is 2.68. The summed E-state index contributed by atoms with van der Waals surface area (Å²) < 4.78 is 46.3. The minimum atomic E-state index is -4.65. The van der Waals surface area contributed by atoms with Crippen LogP contribution in [0.5, 0.6) is 11.5 Å². The SMILES string of the molecule is CCC[Si@H]1CC[C@H]([C@H]2CC[C@H](COc3ccc(OC(F)(F)F)cc3)CC2)CC1. The van der Waals surface area contributed by atoms with E-state index in [1.807, 2.05) is 0 Å². The fourth-order valence-corrected chi connectivity index (χ4v) is 8.62. The van der Waals surface area contributed by atoms with E-state index in [9.17, 15) is 13.2 Å². The highest BCUT2D eigenvalue weighted by atomic mass is 28.3. The predicted octanol–water partition coefficient (Wildman–Crippen LogP) is 6.82. The molecule has 0 spiro atoms. The molecule has 6 heteroatoms. The molecule has 0 unspecified atom stereocenters. The van der Waals surface area contributed by atoms with E-state index in [2.05, 4.69) is 11.7 Å². The van der Waals surface area contributed by atoms with Crippen LogP contribution in [0.2, 0.25) is 18.1 Å². The Morgan fingerprint density at radius 2 is 1.46 bits per heavy atom. The summed E-state index contributed by atoms with van der Waals surface area (Å²) in [6, 6.07) is 10.4. The van der Waals surface area contributed by atoms with Crippen molar-refractivity contribution in [2.45, 2.75) is 76.4 Å². The first-order valence-electron chi connectivity index (χ1n) is 10.9. The Bertz CT molecular complexity index is 574. The van der Waals surface area contributed by atoms with Crippen LogP contribution in [0.3, 0.4) is 0 Å². The second-order valence-electron chi connectivity index (χ2n) is 8.68. The van der Waals surface area contributed by atoms with Crippen molar-refractivity contribution in [3.8, 4) is 11.5 Å². The minimum absolute atomic E-state index is 0.211. The maximum absolute atomic E-state index is 12.2. The van der Waals surface area contributed by atoms with Crippen molar-refractivity contribution >= 4 is 8.80 Å². The molecule has 0 bridgehead atoms. The zero-order valence-corrected chi connectivity index (χ0v) is 18.0. The number of rotatable bonds is 7. The Hall–Kier alpha value is -1.17. The van der Waals surface area contributed by atoms with E-state index in [-0.39, 0.29) is 14.5 Å². The first-order chi connectivity index (χ1) is 13.4. The van der Waals surface area contributed by atoms with Crippen LogP contribution in [-0.4, -0.2) is 21.8 Å². The first-order valence-corrected chi connectivity index (χ1v) is 13.4. The third-order valence-corrected chi connectivity index (χ3v) is 10.4. The highest BCUT2D eigenvalue weighted by molar-refractivity contribution is 6.58. The molecule has 0 aromatic heterocycles. The number of halogens is 3. The van der Waals surface area contributed by atoms with Crippen molar-refractivity contribution < 1.29 is 22.6 Å². The van der Waals surface area contributed by atoms with Gasteiger partial charge in [0.2, 0.25) is 0 Å². The van der Waals surface area contributed by atoms with Gasteiger partial charge in [-0.2, -0.15) is 0 Å². The van der Waals surface area contributed by atoms with E-state index in [1.54, 1.807) is 30.3 Å². The fraction of sp³-hybridized carbons (Fsp3) is 0.727. The van der Waals surface area contributed by atoms with Crippen molar-refractivity contribution in [1.29, 1.82) is 0 Å². The highest BCUT2D eigenvalue weighted by Gasteiger charge is 2.32. The van der Waals surface area contributed by atoms with Crippen molar-refractivity contribution in [2.75, 3.05) is 6.61 Å². The van der Waals surface area contributed by atoms with Gasteiger partial charge in [-0.05, 0) is 67.7 Å². The average molecular weight is 415 g/mol. The lowest BCUT2D eigenvalue weighted by molar-refractivity contribution is -0.274. The van der Waals surface area contributed by atoms with Gasteiger partial charge in [0.05, 0.1) is 6.61 Å². The van der Waals surface area contributed by atoms with Gasteiger partial charge < -0.3 is 9.47 Å². The molecule has 2 nitrogen and oxygen atoms in total. The molecule has 1 heterocycles. The van der Waals surface area contributed by atoms with Crippen molar-refractivity contribution in [3.05, 3.63) is 24.3 Å². The number of ether oxygens (including phenoxy) is 2. The van der Waals surface area contributed by atoms with Crippen LogP contribution in [0.25, 0.3) is 0 Å². The molecule has 1 aliphatic carbocycles. The quantitative estimate of drug-likeness (QED) is 0.456. The summed E-state index contributed by atoms with van der Waals surface area (Å²) in [5.74, 6) is 2.83. The number of alkyl halides is 3. The third-order valence-electron chi connectivity index (χ3n) is 6.69. The molecule has 1 aliphatic heterocycles. The lowest BCUT2D eigenvalue weighted by Gasteiger charge is -2.37. The molecule has 1 aromatic rings. The van der Waals surface area contributed by atoms with E-state index < -0.39 is 6.36 Å². The molecular weight excluding hydrogens is 381 g/mol. The van der Waals surface area contributed by atoms with Crippen molar-refractivity contribution in [1.82, 2.24) is 0 Å². The van der Waals surface area contributed by atoms with Gasteiger partial charge in [-0.15, -0.1) is 13.2 Å². The van der Waals surface area contributed by atoms with Crippen LogP contribution in [0.15, 0.2) is 24.3 Å². The van der Waals surface area contributed by atoms with Gasteiger partial charge >= 0.3 is 6.36 Å². The number of benzene rings is 1. The summed E-state index contributed by atoms with van der Waals surface area (Å²) in [5, 5.41) is 0. The lowest BCUT2D eigenvalue weighted by atomic mass is 9.74.